The van der Waals surface area contributed by atoms with Crippen LogP contribution in [0.25, 0.3) is 6.08 Å². The highest BCUT2D eigenvalue weighted by atomic mass is 16.5. The molecule has 2 fully saturated rings. The van der Waals surface area contributed by atoms with E-state index in [1.165, 1.54) is 17.5 Å². The van der Waals surface area contributed by atoms with Crippen molar-refractivity contribution in [1.82, 2.24) is 0 Å². The minimum atomic E-state index is -0.175. The summed E-state index contributed by atoms with van der Waals surface area (Å²) in [4.78, 5) is 13.4. The van der Waals surface area contributed by atoms with E-state index < -0.39 is 0 Å². The van der Waals surface area contributed by atoms with E-state index in [1.807, 2.05) is 18.2 Å². The van der Waals surface area contributed by atoms with Gasteiger partial charge in [-0.1, -0.05) is 43.3 Å². The SMILES string of the molecule is COc1ccc2c(c1)CCC1C2CCC2(C)C(=O)C(=Cc3ccccc3)CC12. The van der Waals surface area contributed by atoms with Crippen molar-refractivity contribution in [3.05, 3.63) is 70.8 Å². The molecule has 144 valence electrons. The van der Waals surface area contributed by atoms with Crippen LogP contribution in [0.2, 0.25) is 0 Å². The first-order chi connectivity index (χ1) is 13.6. The van der Waals surface area contributed by atoms with E-state index in [2.05, 4.69) is 43.3 Å². The minimum Gasteiger partial charge on any atom is -0.497 e. The number of allylic oxidation sites excluding steroid dienone is 1. The number of aryl methyl sites for hydroxylation is 1. The summed E-state index contributed by atoms with van der Waals surface area (Å²) in [5, 5.41) is 0. The first-order valence-electron chi connectivity index (χ1n) is 10.6. The van der Waals surface area contributed by atoms with Gasteiger partial charge < -0.3 is 4.74 Å². The molecule has 0 amide bonds. The highest BCUT2D eigenvalue weighted by Gasteiger charge is 2.56. The van der Waals surface area contributed by atoms with Crippen LogP contribution < -0.4 is 4.74 Å². The predicted molar refractivity (Wildman–Crippen MR) is 112 cm³/mol. The number of carbonyl (C=O) groups excluding carboxylic acids is 1. The molecule has 4 atom stereocenters. The molecular weight excluding hydrogens is 344 g/mol. The van der Waals surface area contributed by atoms with Crippen molar-refractivity contribution >= 4 is 11.9 Å². The Bertz CT molecular complexity index is 942. The molecule has 28 heavy (non-hydrogen) atoms. The summed E-state index contributed by atoms with van der Waals surface area (Å²) in [6, 6.07) is 16.9. The summed E-state index contributed by atoms with van der Waals surface area (Å²) in [6.45, 7) is 2.24. The van der Waals surface area contributed by atoms with Gasteiger partial charge in [0.2, 0.25) is 0 Å². The number of ether oxygens (including phenoxy) is 1. The fourth-order valence-corrected chi connectivity index (χ4v) is 6.24. The Morgan fingerprint density at radius 2 is 1.93 bits per heavy atom. The summed E-state index contributed by atoms with van der Waals surface area (Å²) >= 11 is 0. The molecule has 3 aliphatic rings. The third-order valence-corrected chi connectivity index (χ3v) is 7.71. The van der Waals surface area contributed by atoms with Crippen LogP contribution in [-0.4, -0.2) is 12.9 Å². The Kier molecular flexibility index (Phi) is 4.19. The van der Waals surface area contributed by atoms with Gasteiger partial charge in [0.1, 0.15) is 5.75 Å². The summed E-state index contributed by atoms with van der Waals surface area (Å²) in [5.74, 6) is 3.05. The molecule has 2 saturated carbocycles. The second kappa shape index (κ2) is 6.62. The van der Waals surface area contributed by atoms with Gasteiger partial charge in [0.15, 0.2) is 5.78 Å². The zero-order chi connectivity index (χ0) is 19.3. The molecule has 0 spiro atoms. The third-order valence-electron chi connectivity index (χ3n) is 7.71. The maximum Gasteiger partial charge on any atom is 0.165 e. The van der Waals surface area contributed by atoms with Gasteiger partial charge in [0.25, 0.3) is 0 Å². The largest absolute Gasteiger partial charge is 0.497 e. The van der Waals surface area contributed by atoms with Crippen molar-refractivity contribution in [2.24, 2.45) is 17.3 Å². The molecule has 4 unspecified atom stereocenters. The topological polar surface area (TPSA) is 26.3 Å². The molecular formula is C26H28O2. The van der Waals surface area contributed by atoms with Gasteiger partial charge in [-0.2, -0.15) is 0 Å². The molecule has 0 heterocycles. The highest BCUT2D eigenvalue weighted by Crippen LogP contribution is 2.60. The fourth-order valence-electron chi connectivity index (χ4n) is 6.24. The van der Waals surface area contributed by atoms with Gasteiger partial charge >= 0.3 is 0 Å². The zero-order valence-electron chi connectivity index (χ0n) is 16.8. The summed E-state index contributed by atoms with van der Waals surface area (Å²) in [7, 11) is 1.74. The van der Waals surface area contributed by atoms with E-state index >= 15 is 0 Å². The van der Waals surface area contributed by atoms with E-state index in [4.69, 9.17) is 4.74 Å². The Hall–Kier alpha value is -2.35. The number of hydrogen-bond acceptors (Lipinski definition) is 2. The van der Waals surface area contributed by atoms with Gasteiger partial charge in [-0.3, -0.25) is 4.79 Å². The molecule has 2 aromatic rings. The Balaban J connectivity index is 1.48. The van der Waals surface area contributed by atoms with Gasteiger partial charge in [-0.15, -0.1) is 0 Å². The number of benzene rings is 2. The number of hydrogen-bond donors (Lipinski definition) is 0. The van der Waals surface area contributed by atoms with Gasteiger partial charge in [-0.05, 0) is 90.3 Å². The molecule has 0 aliphatic heterocycles. The van der Waals surface area contributed by atoms with Gasteiger partial charge in [0.05, 0.1) is 7.11 Å². The molecule has 0 bridgehead atoms. The van der Waals surface area contributed by atoms with Crippen molar-refractivity contribution in [2.75, 3.05) is 7.11 Å². The van der Waals surface area contributed by atoms with Crippen LogP contribution in [-0.2, 0) is 11.2 Å². The van der Waals surface area contributed by atoms with Crippen molar-refractivity contribution in [1.29, 1.82) is 0 Å². The van der Waals surface area contributed by atoms with Crippen LogP contribution >= 0.6 is 0 Å². The zero-order valence-corrected chi connectivity index (χ0v) is 16.8. The summed E-state index contributed by atoms with van der Waals surface area (Å²) < 4.78 is 5.43. The summed E-state index contributed by atoms with van der Waals surface area (Å²) in [5.41, 5.74) is 4.97. The number of carbonyl (C=O) groups is 1. The quantitative estimate of drug-likeness (QED) is 0.622. The van der Waals surface area contributed by atoms with Crippen LogP contribution in [0, 0.1) is 17.3 Å². The molecule has 0 aromatic heterocycles. The van der Waals surface area contributed by atoms with E-state index in [0.29, 0.717) is 23.5 Å². The Labute approximate surface area is 167 Å². The third kappa shape index (κ3) is 2.65. The Morgan fingerprint density at radius 1 is 1.11 bits per heavy atom. The lowest BCUT2D eigenvalue weighted by atomic mass is 9.55. The lowest BCUT2D eigenvalue weighted by molar-refractivity contribution is -0.127. The van der Waals surface area contributed by atoms with Crippen molar-refractivity contribution in [3.63, 3.8) is 0 Å². The van der Waals surface area contributed by atoms with Crippen LogP contribution in [0.15, 0.2) is 54.1 Å². The number of rotatable bonds is 2. The predicted octanol–water partition coefficient (Wildman–Crippen LogP) is 5.81. The number of ketones is 1. The molecule has 2 nitrogen and oxygen atoms in total. The van der Waals surface area contributed by atoms with Crippen LogP contribution in [0.1, 0.15) is 55.2 Å². The standard InChI is InChI=1S/C26H28O2/c1-26-13-12-22-21-11-9-20(28-2)15-18(21)8-10-23(22)24(26)16-19(25(26)27)14-17-6-4-3-5-7-17/h3-7,9,11,14-15,22-24H,8,10,12-13,16H2,1-2H3. The first-order valence-corrected chi connectivity index (χ1v) is 10.6. The Morgan fingerprint density at radius 3 is 2.71 bits per heavy atom. The van der Waals surface area contributed by atoms with Gasteiger partial charge in [-0.25, -0.2) is 0 Å². The maximum absolute atomic E-state index is 13.4. The highest BCUT2D eigenvalue weighted by molar-refractivity contribution is 6.06. The summed E-state index contributed by atoms with van der Waals surface area (Å²) in [6.07, 6.45) is 7.51. The second-order valence-electron chi connectivity index (χ2n) is 9.05. The van der Waals surface area contributed by atoms with Crippen molar-refractivity contribution in [3.8, 4) is 5.75 Å². The van der Waals surface area contributed by atoms with Crippen LogP contribution in [0.3, 0.4) is 0 Å². The molecule has 2 aromatic carbocycles. The van der Waals surface area contributed by atoms with E-state index in [0.717, 1.165) is 42.6 Å². The van der Waals surface area contributed by atoms with E-state index in [-0.39, 0.29) is 5.41 Å². The second-order valence-corrected chi connectivity index (χ2v) is 9.05. The molecule has 2 heteroatoms. The van der Waals surface area contributed by atoms with E-state index in [9.17, 15) is 4.79 Å². The van der Waals surface area contributed by atoms with Crippen molar-refractivity contribution < 1.29 is 9.53 Å². The van der Waals surface area contributed by atoms with Crippen LogP contribution in [0.5, 0.6) is 5.75 Å². The van der Waals surface area contributed by atoms with Crippen LogP contribution in [0.4, 0.5) is 0 Å². The van der Waals surface area contributed by atoms with E-state index in [1.54, 1.807) is 7.11 Å². The lowest BCUT2D eigenvalue weighted by Crippen LogP contribution is -2.42. The molecule has 0 N–H and O–H groups in total. The monoisotopic (exact) mass is 372 g/mol. The number of methoxy groups -OCH3 is 1. The molecule has 0 radical (unpaired) electrons. The molecule has 0 saturated heterocycles. The average Bonchev–Trinajstić information content (AvgIpc) is 2.99. The molecule has 5 rings (SSSR count). The normalized spacial score (nSPS) is 32.6. The average molecular weight is 373 g/mol. The smallest absolute Gasteiger partial charge is 0.165 e. The maximum atomic E-state index is 13.4. The van der Waals surface area contributed by atoms with Gasteiger partial charge in [0, 0.05) is 5.41 Å². The minimum absolute atomic E-state index is 0.175. The number of fused-ring (bicyclic) bond motifs is 5. The van der Waals surface area contributed by atoms with Crippen molar-refractivity contribution in [2.45, 2.75) is 44.9 Å². The first kappa shape index (κ1) is 17.7. The molecule has 3 aliphatic carbocycles. The lowest BCUT2D eigenvalue weighted by Gasteiger charge is -2.48. The fraction of sp³-hybridized carbons (Fsp3) is 0.423. The number of Topliss-reactive ketones (excluding diaryl/α,β-unsaturated/α-hetero) is 1.